The number of nitrogens with one attached hydrogen (secondary N) is 1. The van der Waals surface area contributed by atoms with Crippen molar-refractivity contribution < 1.29 is 9.18 Å². The standard InChI is InChI=1S/C28H28FN5OS/c1-2-3-6-19-7-14-25-26(17-19)36-28(30-25)31-27(35)23-13-10-21(18-24(23)29)33-32-20-8-11-22(12-9-20)34-15-4-5-16-34/h7-14,17-18H,2-6,15-16H2,1H3,(H,30,31,35). The van der Waals surface area contributed by atoms with E-state index in [-0.39, 0.29) is 5.56 Å². The van der Waals surface area contributed by atoms with Gasteiger partial charge < -0.3 is 4.90 Å². The van der Waals surface area contributed by atoms with Crippen LogP contribution in [0.4, 0.5) is 26.6 Å². The average Bonchev–Trinajstić information content (AvgIpc) is 3.56. The third-order valence-corrected chi connectivity index (χ3v) is 7.23. The van der Waals surface area contributed by atoms with Gasteiger partial charge in [-0.25, -0.2) is 9.37 Å². The molecule has 5 rings (SSSR count). The SMILES string of the molecule is CCCCc1ccc2nc(NC(=O)c3ccc(N=Nc4ccc(N5CCCC5)cc4)cc3F)sc2c1. The van der Waals surface area contributed by atoms with Crippen molar-refractivity contribution in [1.29, 1.82) is 0 Å². The first-order valence-electron chi connectivity index (χ1n) is 12.4. The molecular weight excluding hydrogens is 473 g/mol. The Kier molecular flexibility index (Phi) is 7.32. The van der Waals surface area contributed by atoms with E-state index < -0.39 is 11.7 Å². The van der Waals surface area contributed by atoms with E-state index in [0.29, 0.717) is 16.5 Å². The highest BCUT2D eigenvalue weighted by atomic mass is 32.1. The number of carbonyl (C=O) groups is 1. The summed E-state index contributed by atoms with van der Waals surface area (Å²) in [6.45, 7) is 4.33. The van der Waals surface area contributed by atoms with Gasteiger partial charge in [0.15, 0.2) is 5.13 Å². The number of halogens is 1. The third kappa shape index (κ3) is 5.60. The number of thiazole rings is 1. The van der Waals surface area contributed by atoms with Crippen molar-refractivity contribution in [3.8, 4) is 0 Å². The molecule has 1 aromatic heterocycles. The number of hydrogen-bond acceptors (Lipinski definition) is 6. The molecule has 0 saturated carbocycles. The van der Waals surface area contributed by atoms with Crippen LogP contribution in [-0.4, -0.2) is 24.0 Å². The van der Waals surface area contributed by atoms with Gasteiger partial charge in [-0.1, -0.05) is 30.7 Å². The Hall–Kier alpha value is -3.65. The molecule has 1 amide bonds. The fourth-order valence-corrected chi connectivity index (χ4v) is 5.22. The highest BCUT2D eigenvalue weighted by Crippen LogP contribution is 2.29. The van der Waals surface area contributed by atoms with Crippen LogP contribution in [0.15, 0.2) is 70.9 Å². The van der Waals surface area contributed by atoms with Gasteiger partial charge >= 0.3 is 0 Å². The second-order valence-electron chi connectivity index (χ2n) is 8.95. The molecule has 0 spiro atoms. The number of benzene rings is 3. The Morgan fingerprint density at radius 3 is 2.53 bits per heavy atom. The van der Waals surface area contributed by atoms with Crippen molar-refractivity contribution in [3.63, 3.8) is 0 Å². The molecule has 184 valence electrons. The minimum Gasteiger partial charge on any atom is -0.372 e. The van der Waals surface area contributed by atoms with Gasteiger partial charge in [-0.2, -0.15) is 10.2 Å². The molecule has 8 heteroatoms. The lowest BCUT2D eigenvalue weighted by atomic mass is 10.1. The minimum absolute atomic E-state index is 0.0631. The van der Waals surface area contributed by atoms with Crippen LogP contribution in [-0.2, 0) is 6.42 Å². The van der Waals surface area contributed by atoms with Crippen molar-refractivity contribution in [2.45, 2.75) is 39.0 Å². The van der Waals surface area contributed by atoms with E-state index in [4.69, 9.17) is 0 Å². The predicted molar refractivity (Wildman–Crippen MR) is 145 cm³/mol. The minimum atomic E-state index is -0.656. The van der Waals surface area contributed by atoms with E-state index >= 15 is 0 Å². The van der Waals surface area contributed by atoms with Gasteiger partial charge in [0.2, 0.25) is 0 Å². The van der Waals surface area contributed by atoms with Crippen molar-refractivity contribution in [2.75, 3.05) is 23.3 Å². The van der Waals surface area contributed by atoms with Crippen LogP contribution in [0.25, 0.3) is 10.2 Å². The number of rotatable bonds is 8. The van der Waals surface area contributed by atoms with Crippen molar-refractivity contribution in [3.05, 3.63) is 77.6 Å². The summed E-state index contributed by atoms with van der Waals surface area (Å²) in [6, 6.07) is 18.2. The average molecular weight is 502 g/mol. The number of anilines is 2. The van der Waals surface area contributed by atoms with E-state index in [2.05, 4.69) is 44.5 Å². The third-order valence-electron chi connectivity index (χ3n) is 6.29. The molecular formula is C28H28FN5OS. The van der Waals surface area contributed by atoms with Gasteiger partial charge in [-0.3, -0.25) is 10.1 Å². The summed E-state index contributed by atoms with van der Waals surface area (Å²) in [7, 11) is 0. The zero-order chi connectivity index (χ0) is 24.9. The number of azo groups is 1. The van der Waals surface area contributed by atoms with Crippen LogP contribution in [0, 0.1) is 5.82 Å². The van der Waals surface area contributed by atoms with Gasteiger partial charge in [0.05, 0.1) is 27.2 Å². The lowest BCUT2D eigenvalue weighted by Crippen LogP contribution is -2.17. The highest BCUT2D eigenvalue weighted by Gasteiger charge is 2.15. The van der Waals surface area contributed by atoms with Gasteiger partial charge in [-0.05, 0) is 79.8 Å². The number of unbranched alkanes of at least 4 members (excludes halogenated alkanes) is 1. The number of nitrogens with zero attached hydrogens (tertiary/aromatic N) is 4. The molecule has 1 saturated heterocycles. The lowest BCUT2D eigenvalue weighted by molar-refractivity contribution is 0.102. The molecule has 0 aliphatic carbocycles. The van der Waals surface area contributed by atoms with Crippen LogP contribution in [0.1, 0.15) is 48.5 Å². The summed E-state index contributed by atoms with van der Waals surface area (Å²) < 4.78 is 15.7. The maximum absolute atomic E-state index is 14.7. The first kappa shape index (κ1) is 24.1. The first-order chi connectivity index (χ1) is 17.6. The van der Waals surface area contributed by atoms with Gasteiger partial charge in [0.1, 0.15) is 5.82 Å². The fraction of sp³-hybridized carbons (Fsp3) is 0.286. The molecule has 36 heavy (non-hydrogen) atoms. The van der Waals surface area contributed by atoms with Crippen LogP contribution < -0.4 is 10.2 Å². The largest absolute Gasteiger partial charge is 0.372 e. The maximum Gasteiger partial charge on any atom is 0.260 e. The summed E-state index contributed by atoms with van der Waals surface area (Å²) in [6.07, 6.45) is 5.74. The second kappa shape index (κ2) is 11.0. The summed E-state index contributed by atoms with van der Waals surface area (Å²) in [5, 5.41) is 11.5. The second-order valence-corrected chi connectivity index (χ2v) is 9.98. The number of fused-ring (bicyclic) bond motifs is 1. The van der Waals surface area contributed by atoms with Crippen LogP contribution in [0.5, 0.6) is 0 Å². The Labute approximate surface area is 213 Å². The molecule has 1 fully saturated rings. The monoisotopic (exact) mass is 501 g/mol. The Balaban J connectivity index is 1.24. The molecule has 1 aliphatic rings. The number of aromatic nitrogens is 1. The normalized spacial score (nSPS) is 13.7. The van der Waals surface area contributed by atoms with Gasteiger partial charge in [0.25, 0.3) is 5.91 Å². The Bertz CT molecular complexity index is 1390. The fourth-order valence-electron chi connectivity index (χ4n) is 4.29. The molecule has 2 heterocycles. The van der Waals surface area contributed by atoms with Crippen molar-refractivity contribution in [2.24, 2.45) is 10.2 Å². The van der Waals surface area contributed by atoms with Crippen molar-refractivity contribution >= 4 is 49.7 Å². The molecule has 6 nitrogen and oxygen atoms in total. The van der Waals surface area contributed by atoms with E-state index in [0.717, 1.165) is 42.6 Å². The molecule has 0 atom stereocenters. The lowest BCUT2D eigenvalue weighted by Gasteiger charge is -2.17. The number of carbonyl (C=O) groups excluding carboxylic acids is 1. The highest BCUT2D eigenvalue weighted by molar-refractivity contribution is 7.22. The zero-order valence-electron chi connectivity index (χ0n) is 20.2. The molecule has 1 aliphatic heterocycles. The Morgan fingerprint density at radius 2 is 1.78 bits per heavy atom. The summed E-state index contributed by atoms with van der Waals surface area (Å²) in [5.41, 5.74) is 4.22. The van der Waals surface area contributed by atoms with Crippen LogP contribution in [0.3, 0.4) is 0 Å². The number of aryl methyl sites for hydroxylation is 1. The topological polar surface area (TPSA) is 70.0 Å². The molecule has 0 bridgehead atoms. The number of hydrogen-bond donors (Lipinski definition) is 1. The van der Waals surface area contributed by atoms with Gasteiger partial charge in [-0.15, -0.1) is 0 Å². The molecule has 0 unspecified atom stereocenters. The molecule has 4 aromatic rings. The summed E-state index contributed by atoms with van der Waals surface area (Å²) in [5.74, 6) is -1.20. The molecule has 1 N–H and O–H groups in total. The predicted octanol–water partition coefficient (Wildman–Crippen LogP) is 8.05. The van der Waals surface area contributed by atoms with E-state index in [1.54, 1.807) is 6.07 Å². The van der Waals surface area contributed by atoms with E-state index in [9.17, 15) is 9.18 Å². The van der Waals surface area contributed by atoms with Crippen LogP contribution in [0.2, 0.25) is 0 Å². The number of amides is 1. The Morgan fingerprint density at radius 1 is 1.03 bits per heavy atom. The summed E-state index contributed by atoms with van der Waals surface area (Å²) >= 11 is 1.39. The summed E-state index contributed by atoms with van der Waals surface area (Å²) in [4.78, 5) is 19.5. The quantitative estimate of drug-likeness (QED) is 0.248. The zero-order valence-corrected chi connectivity index (χ0v) is 21.0. The maximum atomic E-state index is 14.7. The van der Waals surface area contributed by atoms with E-state index in [1.807, 2.05) is 30.3 Å². The van der Waals surface area contributed by atoms with Crippen LogP contribution >= 0.6 is 11.3 Å². The molecule has 0 radical (unpaired) electrons. The smallest absolute Gasteiger partial charge is 0.260 e. The van der Waals surface area contributed by atoms with Crippen molar-refractivity contribution in [1.82, 2.24) is 4.98 Å². The first-order valence-corrected chi connectivity index (χ1v) is 13.2. The van der Waals surface area contributed by atoms with E-state index in [1.165, 1.54) is 47.6 Å². The van der Waals surface area contributed by atoms with Gasteiger partial charge in [0, 0.05) is 24.8 Å². The molecule has 3 aromatic carbocycles.